The molecule has 3 aliphatic rings. The van der Waals surface area contributed by atoms with Crippen LogP contribution in [0.2, 0.25) is 0 Å². The standard InChI is InChI=1S/C47H41BN3/c1-31-16-10-11-22-37(31)45-33(3)48-47-32(2)17-14-27-43(47)51(42-26-15-24-40(46(42)45)49-34-18-6-4-7-19-34)36-28-29-39-38-23-12-13-25-41(38)50(44(39)30-36)35-20-8-5-9-21-35/h4-12,14-16,18-24,26-30,32,49H,13,17,25H2,1-3H3/b45-33-. The summed E-state index contributed by atoms with van der Waals surface area (Å²) in [4.78, 5) is 2.53. The van der Waals surface area contributed by atoms with E-state index in [-0.39, 0.29) is 0 Å². The van der Waals surface area contributed by atoms with Gasteiger partial charge in [0.25, 0.3) is 0 Å². The molecule has 2 aliphatic carbocycles. The molecule has 1 unspecified atom stereocenters. The highest BCUT2D eigenvalue weighted by molar-refractivity contribution is 6.56. The van der Waals surface area contributed by atoms with E-state index in [0.29, 0.717) is 5.92 Å². The minimum Gasteiger partial charge on any atom is -0.355 e. The Morgan fingerprint density at radius 3 is 2.35 bits per heavy atom. The highest BCUT2D eigenvalue weighted by Gasteiger charge is 2.32. The van der Waals surface area contributed by atoms with Gasteiger partial charge in [-0.25, -0.2) is 0 Å². The maximum Gasteiger partial charge on any atom is 0.183 e. The van der Waals surface area contributed by atoms with Crippen molar-refractivity contribution in [2.45, 2.75) is 40.0 Å². The number of hydrogen-bond donors (Lipinski definition) is 1. The summed E-state index contributed by atoms with van der Waals surface area (Å²) in [6, 6.07) is 44.1. The number of aryl methyl sites for hydroxylation is 1. The zero-order valence-electron chi connectivity index (χ0n) is 29.5. The normalized spacial score (nSPS) is 18.1. The summed E-state index contributed by atoms with van der Waals surface area (Å²) in [5, 5.41) is 5.14. The first kappa shape index (κ1) is 31.3. The molecular weight excluding hydrogens is 617 g/mol. The molecule has 4 heteroatoms. The van der Waals surface area contributed by atoms with Crippen LogP contribution < -0.4 is 10.2 Å². The van der Waals surface area contributed by atoms with Crippen molar-refractivity contribution in [3.8, 4) is 5.69 Å². The van der Waals surface area contributed by atoms with Crippen LogP contribution in [0.25, 0.3) is 28.2 Å². The molecule has 6 aromatic rings. The van der Waals surface area contributed by atoms with Crippen molar-refractivity contribution in [1.82, 2.24) is 4.57 Å². The quantitative estimate of drug-likeness (QED) is 0.186. The van der Waals surface area contributed by atoms with Crippen LogP contribution in [-0.4, -0.2) is 11.8 Å². The number of anilines is 4. The third-order valence-corrected chi connectivity index (χ3v) is 10.8. The fraction of sp³-hybridized carbons (Fsp3) is 0.149. The molecule has 0 amide bonds. The minimum absolute atomic E-state index is 0.377. The SMILES string of the molecule is C/C1=C(\c2ccccc2C)c2c(Nc3ccccc3)cccc2N(c2ccc3c4c(n(-c5ccccc5)c3c2)CCC=C4)C2=C([B]1)C(C)CC=C2. The number of hydrogen-bond acceptors (Lipinski definition) is 2. The molecule has 0 spiro atoms. The Balaban J connectivity index is 1.36. The summed E-state index contributed by atoms with van der Waals surface area (Å²) in [5.41, 5.74) is 18.5. The molecule has 9 rings (SSSR count). The lowest BCUT2D eigenvalue weighted by Gasteiger charge is -2.37. The van der Waals surface area contributed by atoms with Gasteiger partial charge >= 0.3 is 0 Å². The molecular formula is C47H41BN3. The second-order valence-corrected chi connectivity index (χ2v) is 14.1. The van der Waals surface area contributed by atoms with Gasteiger partial charge in [0, 0.05) is 50.7 Å². The molecule has 2 heterocycles. The first-order valence-electron chi connectivity index (χ1n) is 18.2. The van der Waals surface area contributed by atoms with Gasteiger partial charge in [0.2, 0.25) is 0 Å². The van der Waals surface area contributed by atoms with E-state index >= 15 is 0 Å². The van der Waals surface area contributed by atoms with Gasteiger partial charge in [-0.15, -0.1) is 0 Å². The second-order valence-electron chi connectivity index (χ2n) is 14.1. The van der Waals surface area contributed by atoms with Gasteiger partial charge < -0.3 is 14.8 Å². The highest BCUT2D eigenvalue weighted by atomic mass is 15.2. The van der Waals surface area contributed by atoms with Crippen molar-refractivity contribution in [3.63, 3.8) is 0 Å². The highest BCUT2D eigenvalue weighted by Crippen LogP contribution is 2.49. The molecule has 0 saturated heterocycles. The summed E-state index contributed by atoms with van der Waals surface area (Å²) in [6.07, 6.45) is 12.5. The lowest BCUT2D eigenvalue weighted by Crippen LogP contribution is -2.27. The molecule has 1 aliphatic heterocycles. The van der Waals surface area contributed by atoms with Crippen molar-refractivity contribution in [2.75, 3.05) is 10.2 Å². The summed E-state index contributed by atoms with van der Waals surface area (Å²) in [6.45, 7) is 6.90. The van der Waals surface area contributed by atoms with Crippen LogP contribution >= 0.6 is 0 Å². The van der Waals surface area contributed by atoms with E-state index in [1.54, 1.807) is 0 Å². The average Bonchev–Trinajstić information content (AvgIpc) is 3.49. The van der Waals surface area contributed by atoms with Crippen molar-refractivity contribution in [1.29, 1.82) is 0 Å². The van der Waals surface area contributed by atoms with E-state index < -0.39 is 0 Å². The Labute approximate surface area is 302 Å². The smallest absolute Gasteiger partial charge is 0.183 e. The maximum atomic E-state index is 3.85. The van der Waals surface area contributed by atoms with Crippen LogP contribution in [0.4, 0.5) is 22.7 Å². The lowest BCUT2D eigenvalue weighted by atomic mass is 9.54. The Bertz CT molecular complexity index is 2430. The van der Waals surface area contributed by atoms with E-state index in [2.05, 4.69) is 188 Å². The van der Waals surface area contributed by atoms with Crippen molar-refractivity contribution >= 4 is 52.6 Å². The van der Waals surface area contributed by atoms with Crippen molar-refractivity contribution < 1.29 is 0 Å². The summed E-state index contributed by atoms with van der Waals surface area (Å²) >= 11 is 0. The van der Waals surface area contributed by atoms with Crippen LogP contribution in [0.1, 0.15) is 54.6 Å². The van der Waals surface area contributed by atoms with Gasteiger partial charge in [0.1, 0.15) is 0 Å². The topological polar surface area (TPSA) is 20.2 Å². The van der Waals surface area contributed by atoms with Gasteiger partial charge in [-0.2, -0.15) is 0 Å². The Morgan fingerprint density at radius 2 is 1.53 bits per heavy atom. The van der Waals surface area contributed by atoms with E-state index in [9.17, 15) is 0 Å². The molecule has 5 aromatic carbocycles. The fourth-order valence-corrected chi connectivity index (χ4v) is 8.38. The molecule has 1 atom stereocenters. The summed E-state index contributed by atoms with van der Waals surface area (Å²) < 4.78 is 2.50. The maximum absolute atomic E-state index is 3.85. The van der Waals surface area contributed by atoms with Crippen LogP contribution in [0.5, 0.6) is 0 Å². The molecule has 1 radical (unpaired) electrons. The monoisotopic (exact) mass is 658 g/mol. The van der Waals surface area contributed by atoms with Gasteiger partial charge in [0.15, 0.2) is 7.28 Å². The number of nitrogens with one attached hydrogen (secondary N) is 1. The van der Waals surface area contributed by atoms with Crippen molar-refractivity contribution in [3.05, 3.63) is 184 Å². The van der Waals surface area contributed by atoms with Crippen molar-refractivity contribution in [2.24, 2.45) is 5.92 Å². The van der Waals surface area contributed by atoms with Gasteiger partial charge in [-0.05, 0) is 103 Å². The Morgan fingerprint density at radius 1 is 0.745 bits per heavy atom. The minimum atomic E-state index is 0.377. The second kappa shape index (κ2) is 12.9. The Hall–Kier alpha value is -5.74. The molecule has 1 N–H and O–H groups in total. The van der Waals surface area contributed by atoms with Gasteiger partial charge in [-0.3, -0.25) is 0 Å². The summed E-state index contributed by atoms with van der Waals surface area (Å²) in [5.74, 6) is 0.377. The van der Waals surface area contributed by atoms with Crippen LogP contribution in [0.3, 0.4) is 0 Å². The number of rotatable bonds is 5. The summed E-state index contributed by atoms with van der Waals surface area (Å²) in [7, 11) is 2.47. The third-order valence-electron chi connectivity index (χ3n) is 10.8. The first-order valence-corrected chi connectivity index (χ1v) is 18.2. The van der Waals surface area contributed by atoms with E-state index in [0.717, 1.165) is 42.0 Å². The predicted molar refractivity (Wildman–Crippen MR) is 218 cm³/mol. The van der Waals surface area contributed by atoms with Crippen LogP contribution in [0.15, 0.2) is 156 Å². The van der Waals surface area contributed by atoms with Crippen LogP contribution in [0, 0.1) is 12.8 Å². The first-order chi connectivity index (χ1) is 25.1. The largest absolute Gasteiger partial charge is 0.355 e. The number of benzene rings is 5. The molecule has 0 saturated carbocycles. The zero-order chi connectivity index (χ0) is 34.5. The zero-order valence-corrected chi connectivity index (χ0v) is 29.5. The molecule has 1 aromatic heterocycles. The van der Waals surface area contributed by atoms with Gasteiger partial charge in [0.05, 0.1) is 11.2 Å². The predicted octanol–water partition coefficient (Wildman–Crippen LogP) is 12.1. The van der Waals surface area contributed by atoms with Crippen LogP contribution in [-0.2, 0) is 6.42 Å². The molecule has 3 nitrogen and oxygen atoms in total. The number of fused-ring (bicyclic) bond motifs is 4. The molecule has 247 valence electrons. The number of allylic oxidation sites excluding steroid dienone is 5. The van der Waals surface area contributed by atoms with Gasteiger partial charge in [-0.1, -0.05) is 116 Å². The fourth-order valence-electron chi connectivity index (χ4n) is 8.38. The number of nitrogens with zero attached hydrogens (tertiary/aromatic N) is 2. The molecule has 0 bridgehead atoms. The molecule has 51 heavy (non-hydrogen) atoms. The van der Waals surface area contributed by atoms with E-state index in [1.807, 2.05) is 0 Å². The van der Waals surface area contributed by atoms with E-state index in [1.165, 1.54) is 66.8 Å². The molecule has 0 fully saturated rings. The number of para-hydroxylation sites is 2. The lowest BCUT2D eigenvalue weighted by molar-refractivity contribution is 0.707. The number of aromatic nitrogens is 1. The average molecular weight is 659 g/mol. The van der Waals surface area contributed by atoms with E-state index in [4.69, 9.17) is 0 Å². The Kier molecular flexibility index (Phi) is 7.88. The third kappa shape index (κ3) is 5.38.